The third kappa shape index (κ3) is 16.2. The van der Waals surface area contributed by atoms with E-state index in [9.17, 15) is 36.4 Å². The van der Waals surface area contributed by atoms with Crippen LogP contribution in [0.3, 0.4) is 0 Å². The van der Waals surface area contributed by atoms with Crippen molar-refractivity contribution in [2.24, 2.45) is 0 Å². The number of amides is 2. The predicted octanol–water partition coefficient (Wildman–Crippen LogP) is 11.3. The molecule has 8 rings (SSSR count). The van der Waals surface area contributed by atoms with Crippen LogP contribution in [0.25, 0.3) is 0 Å². The van der Waals surface area contributed by atoms with E-state index in [2.05, 4.69) is 0 Å². The Balaban J connectivity index is 0.000000264. The van der Waals surface area contributed by atoms with Crippen LogP contribution in [0.1, 0.15) is 93.5 Å². The summed E-state index contributed by atoms with van der Waals surface area (Å²) in [5.41, 5.74) is 5.28. The van der Waals surface area contributed by atoms with Gasteiger partial charge in [-0.05, 0) is 102 Å². The number of nitrogens with zero attached hydrogens (tertiary/aromatic N) is 2. The van der Waals surface area contributed by atoms with Gasteiger partial charge in [0.2, 0.25) is 11.8 Å². The van der Waals surface area contributed by atoms with Gasteiger partial charge in [0.15, 0.2) is 9.84 Å². The van der Waals surface area contributed by atoms with Crippen LogP contribution in [-0.2, 0) is 51.3 Å². The van der Waals surface area contributed by atoms with Gasteiger partial charge in [0.1, 0.15) is 23.7 Å². The number of carbonyl (C=O) groups is 4. The number of likely N-dealkylation sites (tertiary alicyclic amines) is 2. The van der Waals surface area contributed by atoms with Gasteiger partial charge in [-0.3, -0.25) is 9.59 Å². The van der Waals surface area contributed by atoms with E-state index in [-0.39, 0.29) is 60.8 Å². The van der Waals surface area contributed by atoms with Gasteiger partial charge in [-0.2, -0.15) is 11.8 Å². The molecule has 0 aromatic heterocycles. The first-order valence-corrected chi connectivity index (χ1v) is 27.6. The minimum Gasteiger partial charge on any atom is -0.467 e. The maximum atomic E-state index is 14.0. The number of halogens is 2. The first-order chi connectivity index (χ1) is 36.3. The molecule has 0 radical (unpaired) electrons. The van der Waals surface area contributed by atoms with Crippen LogP contribution < -0.4 is 0 Å². The average Bonchev–Trinajstić information content (AvgIpc) is 4.10. The first kappa shape index (κ1) is 57.6. The second kappa shape index (κ2) is 29.5. The van der Waals surface area contributed by atoms with Crippen LogP contribution in [0.2, 0.25) is 0 Å². The molecule has 0 saturated carbocycles. The summed E-state index contributed by atoms with van der Waals surface area (Å²) in [5.74, 6) is -2.33. The van der Waals surface area contributed by atoms with Gasteiger partial charge >= 0.3 is 11.9 Å². The van der Waals surface area contributed by atoms with E-state index >= 15 is 0 Å². The van der Waals surface area contributed by atoms with Crippen molar-refractivity contribution in [3.8, 4) is 0 Å². The third-order valence-electron chi connectivity index (χ3n) is 13.3. The molecule has 14 heteroatoms. The highest BCUT2D eigenvalue weighted by atomic mass is 32.2. The molecule has 0 N–H and O–H groups in total. The number of thioether (sulfide) groups is 1. The number of carbonyl (C=O) groups excluding carboxylic acids is 4. The zero-order valence-corrected chi connectivity index (χ0v) is 43.8. The lowest BCUT2D eigenvalue weighted by Gasteiger charge is -2.28. The maximum Gasteiger partial charge on any atom is 0.328 e. The van der Waals surface area contributed by atoms with Crippen LogP contribution in [0.15, 0.2) is 170 Å². The van der Waals surface area contributed by atoms with Crippen LogP contribution >= 0.6 is 11.8 Å². The molecule has 10 nitrogen and oxygen atoms in total. The number of methoxy groups -OCH3 is 2. The lowest BCUT2D eigenvalue weighted by atomic mass is 9.90. The fourth-order valence-corrected chi connectivity index (χ4v) is 12.5. The topological polar surface area (TPSA) is 127 Å². The predicted molar refractivity (Wildman–Crippen MR) is 295 cm³/mol. The van der Waals surface area contributed by atoms with E-state index in [1.165, 1.54) is 43.4 Å². The highest BCUT2D eigenvalue weighted by molar-refractivity contribution is 7.99. The van der Waals surface area contributed by atoms with Crippen molar-refractivity contribution in [1.29, 1.82) is 0 Å². The van der Waals surface area contributed by atoms with E-state index in [1.807, 2.05) is 133 Å². The highest BCUT2D eigenvalue weighted by Gasteiger charge is 2.47. The smallest absolute Gasteiger partial charge is 0.328 e. The SMILES string of the molecule is C.COC(=O)[C@@H]1C[C@H](S(=O)(=O)CCCc2ccc(F)cc2)CN1C(=O)C(c1ccccc1)c1ccccc1.COC(=O)[C@@H]1C[C@H](SCCCc2ccc(F)cc2)CN1C(=O)C(c1ccccc1)c1ccccc1.[2H]CC. The summed E-state index contributed by atoms with van der Waals surface area (Å²) in [7, 11) is -0.998. The normalized spacial score (nSPS) is 17.1. The lowest BCUT2D eigenvalue weighted by Crippen LogP contribution is -2.44. The quantitative estimate of drug-likeness (QED) is 0.0610. The Bertz CT molecular complexity index is 2760. The Labute approximate surface area is 448 Å². The summed E-state index contributed by atoms with van der Waals surface area (Å²) in [6, 6.07) is 48.9. The molecule has 0 spiro atoms. The van der Waals surface area contributed by atoms with Crippen molar-refractivity contribution >= 4 is 45.4 Å². The number of hydrogen-bond acceptors (Lipinski definition) is 9. The third-order valence-corrected chi connectivity index (χ3v) is 16.8. The average molecular weight is 1060 g/mol. The van der Waals surface area contributed by atoms with E-state index in [4.69, 9.17) is 10.8 Å². The fraction of sp³-hybridized carbons (Fsp3) is 0.344. The molecule has 398 valence electrons. The van der Waals surface area contributed by atoms with Crippen molar-refractivity contribution in [3.05, 3.63) is 215 Å². The van der Waals surface area contributed by atoms with Crippen molar-refractivity contribution in [3.63, 3.8) is 0 Å². The number of esters is 2. The molecule has 2 saturated heterocycles. The standard InChI is InChI=1S/C29H30FNO5S.C29H30FNO3S.C2H6.CH4/c1-36-29(33)26-19-25(37(34,35)18-8-9-21-14-16-24(30)17-15-21)20-31(26)28(32)27(22-10-4-2-5-11-22)23-12-6-3-7-13-23;1-34-29(33)26-19-25(35-18-8-9-21-14-16-24(30)17-15-21)20-31(26)28(32)27(22-10-4-2-5-11-22)23-12-6-3-7-13-23;1-2;/h2-7,10-17,25-27H,8-9,18-20H2,1H3;2-7,10-17,25-27H,8-9,18-20H2,1H3;1-2H3;1H4/t2*25-,26-;;/m00../s1/i;;1D;. The molecule has 2 aliphatic rings. The van der Waals surface area contributed by atoms with Crippen molar-refractivity contribution < 1.29 is 47.2 Å². The van der Waals surface area contributed by atoms with Gasteiger partial charge in [-0.15, -0.1) is 0 Å². The summed E-state index contributed by atoms with van der Waals surface area (Å²) in [5, 5.41) is -0.718. The molecular formula is C61H70F2N2O8S2. The zero-order valence-electron chi connectivity index (χ0n) is 43.1. The summed E-state index contributed by atoms with van der Waals surface area (Å²) in [6.45, 7) is 2.73. The molecule has 2 aliphatic heterocycles. The van der Waals surface area contributed by atoms with Crippen LogP contribution in [0, 0.1) is 11.6 Å². The van der Waals surface area contributed by atoms with Gasteiger partial charge in [0, 0.05) is 19.7 Å². The van der Waals surface area contributed by atoms with Crippen molar-refractivity contribution in [2.45, 2.75) is 94.2 Å². The number of benzene rings is 6. The second-order valence-electron chi connectivity index (χ2n) is 18.0. The Morgan fingerprint density at radius 2 is 0.947 bits per heavy atom. The molecule has 75 heavy (non-hydrogen) atoms. The number of rotatable bonds is 18. The van der Waals surface area contributed by atoms with Crippen molar-refractivity contribution in [2.75, 3.05) is 38.8 Å². The van der Waals surface area contributed by atoms with Gasteiger partial charge in [0.05, 0.1) is 37.1 Å². The maximum absolute atomic E-state index is 14.0. The molecule has 2 fully saturated rings. The molecule has 6 aromatic rings. The molecule has 0 unspecified atom stereocenters. The minimum atomic E-state index is -3.61. The highest BCUT2D eigenvalue weighted by Crippen LogP contribution is 2.36. The molecule has 0 aliphatic carbocycles. The van der Waals surface area contributed by atoms with Crippen molar-refractivity contribution in [1.82, 2.24) is 9.80 Å². The molecule has 4 atom stereocenters. The molecule has 2 heterocycles. The van der Waals surface area contributed by atoms with E-state index in [1.54, 1.807) is 35.7 Å². The molecule has 6 aromatic carbocycles. The van der Waals surface area contributed by atoms with Crippen LogP contribution in [0.4, 0.5) is 8.78 Å². The summed E-state index contributed by atoms with van der Waals surface area (Å²) < 4.78 is 69.0. The Hall–Kier alpha value is -6.64. The molecule has 2 amide bonds. The lowest BCUT2D eigenvalue weighted by molar-refractivity contribution is -0.151. The molecule has 0 bridgehead atoms. The zero-order chi connectivity index (χ0) is 53.7. The summed E-state index contributed by atoms with van der Waals surface area (Å²) in [6.07, 6.45) is 3.23. The minimum absolute atomic E-state index is 0. The van der Waals surface area contributed by atoms with Gasteiger partial charge in [0.25, 0.3) is 0 Å². The Morgan fingerprint density at radius 1 is 0.587 bits per heavy atom. The first-order valence-electron chi connectivity index (χ1n) is 25.6. The van der Waals surface area contributed by atoms with Gasteiger partial charge in [-0.25, -0.2) is 26.8 Å². The number of aryl methyl sites for hydroxylation is 2. The monoisotopic (exact) mass is 1060 g/mol. The van der Waals surface area contributed by atoms with E-state index in [0.29, 0.717) is 32.7 Å². The van der Waals surface area contributed by atoms with Gasteiger partial charge < -0.3 is 19.3 Å². The van der Waals surface area contributed by atoms with E-state index in [0.717, 1.165) is 52.0 Å². The summed E-state index contributed by atoms with van der Waals surface area (Å²) in [4.78, 5) is 56.3. The Kier molecular flexibility index (Phi) is 22.6. The second-order valence-corrected chi connectivity index (χ2v) is 21.8. The van der Waals surface area contributed by atoms with Crippen LogP contribution in [0.5, 0.6) is 0 Å². The number of hydrogen-bond donors (Lipinski definition) is 0. The largest absolute Gasteiger partial charge is 0.467 e. The van der Waals surface area contributed by atoms with E-state index < -0.39 is 45.0 Å². The Morgan fingerprint density at radius 3 is 1.33 bits per heavy atom. The number of sulfone groups is 1. The number of ether oxygens (including phenoxy) is 2. The summed E-state index contributed by atoms with van der Waals surface area (Å²) >= 11 is 1.79. The molecular weight excluding hydrogens is 991 g/mol. The van der Waals surface area contributed by atoms with Crippen LogP contribution in [-0.4, -0.2) is 103 Å². The fourth-order valence-electron chi connectivity index (χ4n) is 9.52. The van der Waals surface area contributed by atoms with Gasteiger partial charge in [-0.1, -0.05) is 167 Å².